The second-order valence-electron chi connectivity index (χ2n) is 4.87. The lowest BCUT2D eigenvalue weighted by atomic mass is 10.1. The van der Waals surface area contributed by atoms with Crippen molar-refractivity contribution in [2.45, 2.75) is 0 Å². The number of amides is 1. The SMILES string of the molecule is COCCN1C(=O)/C(=C\C2=Cc3ccccc3OC2)SC1=S. The predicted octanol–water partition coefficient (Wildman–Crippen LogP) is 2.85. The Bertz CT molecular complexity index is 682. The average Bonchev–Trinajstić information content (AvgIpc) is 2.79. The molecule has 2 aliphatic heterocycles. The fourth-order valence-electron chi connectivity index (χ4n) is 2.26. The first-order valence-electron chi connectivity index (χ1n) is 6.86. The molecule has 1 saturated heterocycles. The zero-order valence-electron chi connectivity index (χ0n) is 12.1. The van der Waals surface area contributed by atoms with Crippen LogP contribution in [0.25, 0.3) is 6.08 Å². The first kappa shape index (κ1) is 15.3. The van der Waals surface area contributed by atoms with Gasteiger partial charge in [-0.05, 0) is 23.8 Å². The maximum atomic E-state index is 12.4. The van der Waals surface area contributed by atoms with E-state index < -0.39 is 0 Å². The van der Waals surface area contributed by atoms with E-state index in [1.807, 2.05) is 36.4 Å². The van der Waals surface area contributed by atoms with Crippen LogP contribution in [0.5, 0.6) is 5.75 Å². The van der Waals surface area contributed by atoms with Crippen molar-refractivity contribution in [1.29, 1.82) is 0 Å². The summed E-state index contributed by atoms with van der Waals surface area (Å²) < 4.78 is 11.3. The largest absolute Gasteiger partial charge is 0.488 e. The van der Waals surface area contributed by atoms with E-state index in [-0.39, 0.29) is 5.91 Å². The summed E-state index contributed by atoms with van der Waals surface area (Å²) in [5.41, 5.74) is 1.99. The molecule has 2 aliphatic rings. The Hall–Kier alpha value is -1.63. The van der Waals surface area contributed by atoms with Gasteiger partial charge >= 0.3 is 0 Å². The number of methoxy groups -OCH3 is 1. The number of benzene rings is 1. The van der Waals surface area contributed by atoms with Crippen molar-refractivity contribution in [3.05, 3.63) is 46.4 Å². The highest BCUT2D eigenvalue weighted by molar-refractivity contribution is 8.26. The molecule has 3 rings (SSSR count). The normalized spacial score (nSPS) is 19.2. The summed E-state index contributed by atoms with van der Waals surface area (Å²) >= 11 is 6.58. The summed E-state index contributed by atoms with van der Waals surface area (Å²) in [4.78, 5) is 14.6. The molecule has 2 heterocycles. The zero-order valence-corrected chi connectivity index (χ0v) is 13.7. The van der Waals surface area contributed by atoms with Crippen LogP contribution in [-0.2, 0) is 9.53 Å². The zero-order chi connectivity index (χ0) is 15.5. The molecular formula is C16H15NO3S2. The number of hydrogen-bond donors (Lipinski definition) is 0. The number of carbonyl (C=O) groups excluding carboxylic acids is 1. The van der Waals surface area contributed by atoms with Crippen molar-refractivity contribution < 1.29 is 14.3 Å². The molecule has 6 heteroatoms. The standard InChI is InChI=1S/C16H15NO3S2/c1-19-7-6-17-15(18)14(22-16(17)21)9-11-8-12-4-2-3-5-13(12)20-10-11/h2-5,8-9H,6-7,10H2,1H3/b14-9+. The molecule has 0 atom stereocenters. The van der Waals surface area contributed by atoms with Crippen LogP contribution in [0, 0.1) is 0 Å². The summed E-state index contributed by atoms with van der Waals surface area (Å²) in [7, 11) is 1.61. The first-order chi connectivity index (χ1) is 10.7. The van der Waals surface area contributed by atoms with Gasteiger partial charge in [0.25, 0.3) is 5.91 Å². The highest BCUT2D eigenvalue weighted by Gasteiger charge is 2.31. The maximum absolute atomic E-state index is 12.4. The molecule has 1 amide bonds. The fraction of sp³-hybridized carbons (Fsp3) is 0.250. The van der Waals surface area contributed by atoms with Crippen molar-refractivity contribution >= 4 is 40.3 Å². The molecule has 22 heavy (non-hydrogen) atoms. The number of thiocarbonyl (C=S) groups is 1. The minimum absolute atomic E-state index is 0.0631. The molecule has 114 valence electrons. The van der Waals surface area contributed by atoms with Crippen molar-refractivity contribution in [3.8, 4) is 5.75 Å². The van der Waals surface area contributed by atoms with E-state index >= 15 is 0 Å². The van der Waals surface area contributed by atoms with Crippen molar-refractivity contribution in [1.82, 2.24) is 4.90 Å². The van der Waals surface area contributed by atoms with Gasteiger partial charge in [-0.15, -0.1) is 0 Å². The van der Waals surface area contributed by atoms with Gasteiger partial charge in [0.2, 0.25) is 0 Å². The van der Waals surface area contributed by atoms with Gasteiger partial charge in [0, 0.05) is 12.7 Å². The Balaban J connectivity index is 1.80. The smallest absolute Gasteiger partial charge is 0.266 e. The van der Waals surface area contributed by atoms with Crippen LogP contribution < -0.4 is 4.74 Å². The Kier molecular flexibility index (Phi) is 4.61. The van der Waals surface area contributed by atoms with Gasteiger partial charge in [0.1, 0.15) is 16.7 Å². The van der Waals surface area contributed by atoms with Crippen LogP contribution in [0.2, 0.25) is 0 Å². The number of para-hydroxylation sites is 1. The van der Waals surface area contributed by atoms with E-state index in [2.05, 4.69) is 0 Å². The monoisotopic (exact) mass is 333 g/mol. The molecule has 0 radical (unpaired) electrons. The molecule has 0 bridgehead atoms. The highest BCUT2D eigenvalue weighted by Crippen LogP contribution is 2.33. The van der Waals surface area contributed by atoms with Crippen molar-refractivity contribution in [3.63, 3.8) is 0 Å². The summed E-state index contributed by atoms with van der Waals surface area (Å²) in [5, 5.41) is 0. The summed E-state index contributed by atoms with van der Waals surface area (Å²) in [6.07, 6.45) is 3.91. The highest BCUT2D eigenvalue weighted by atomic mass is 32.2. The van der Waals surface area contributed by atoms with Crippen LogP contribution in [0.3, 0.4) is 0 Å². The Morgan fingerprint density at radius 2 is 2.27 bits per heavy atom. The van der Waals surface area contributed by atoms with E-state index in [0.717, 1.165) is 16.9 Å². The lowest BCUT2D eigenvalue weighted by Gasteiger charge is -2.16. The maximum Gasteiger partial charge on any atom is 0.266 e. The topological polar surface area (TPSA) is 38.8 Å². The molecule has 0 saturated carbocycles. The molecule has 0 aromatic heterocycles. The summed E-state index contributed by atoms with van der Waals surface area (Å²) in [5.74, 6) is 0.805. The Morgan fingerprint density at radius 3 is 3.09 bits per heavy atom. The fourth-order valence-corrected chi connectivity index (χ4v) is 3.58. The number of carbonyl (C=O) groups is 1. The predicted molar refractivity (Wildman–Crippen MR) is 91.8 cm³/mol. The Labute approximate surface area is 138 Å². The second kappa shape index (κ2) is 6.64. The van der Waals surface area contributed by atoms with E-state index in [4.69, 9.17) is 21.7 Å². The number of ether oxygens (including phenoxy) is 2. The van der Waals surface area contributed by atoms with Gasteiger partial charge < -0.3 is 9.47 Å². The third kappa shape index (κ3) is 3.09. The molecular weight excluding hydrogens is 318 g/mol. The van der Waals surface area contributed by atoms with Crippen LogP contribution in [0.1, 0.15) is 5.56 Å². The minimum Gasteiger partial charge on any atom is -0.488 e. The molecule has 1 aromatic carbocycles. The third-order valence-electron chi connectivity index (χ3n) is 3.36. The summed E-state index contributed by atoms with van der Waals surface area (Å²) in [6, 6.07) is 7.84. The van der Waals surface area contributed by atoms with Crippen LogP contribution in [0.15, 0.2) is 40.8 Å². The third-order valence-corrected chi connectivity index (χ3v) is 4.74. The van der Waals surface area contributed by atoms with Crippen molar-refractivity contribution in [2.75, 3.05) is 26.9 Å². The summed E-state index contributed by atoms with van der Waals surface area (Å²) in [6.45, 7) is 1.41. The number of hydrogen-bond acceptors (Lipinski definition) is 5. The van der Waals surface area contributed by atoms with E-state index in [1.54, 1.807) is 12.0 Å². The number of thioether (sulfide) groups is 1. The molecule has 1 fully saturated rings. The van der Waals surface area contributed by atoms with Gasteiger partial charge in [-0.2, -0.15) is 0 Å². The lowest BCUT2D eigenvalue weighted by Crippen LogP contribution is -2.31. The number of rotatable bonds is 4. The molecule has 0 aliphatic carbocycles. The quantitative estimate of drug-likeness (QED) is 0.626. The number of fused-ring (bicyclic) bond motifs is 1. The van der Waals surface area contributed by atoms with Gasteiger partial charge in [-0.1, -0.05) is 42.2 Å². The molecule has 0 spiro atoms. The van der Waals surface area contributed by atoms with Crippen LogP contribution >= 0.6 is 24.0 Å². The van der Waals surface area contributed by atoms with E-state index in [0.29, 0.717) is 29.0 Å². The minimum atomic E-state index is -0.0631. The molecule has 4 nitrogen and oxygen atoms in total. The first-order valence-corrected chi connectivity index (χ1v) is 8.08. The second-order valence-corrected chi connectivity index (χ2v) is 6.55. The van der Waals surface area contributed by atoms with E-state index in [9.17, 15) is 4.79 Å². The van der Waals surface area contributed by atoms with Gasteiger partial charge in [0.05, 0.1) is 18.1 Å². The molecule has 0 unspecified atom stereocenters. The van der Waals surface area contributed by atoms with Crippen LogP contribution in [-0.4, -0.2) is 42.0 Å². The van der Waals surface area contributed by atoms with Crippen LogP contribution in [0.4, 0.5) is 0 Å². The van der Waals surface area contributed by atoms with E-state index in [1.165, 1.54) is 11.8 Å². The average molecular weight is 333 g/mol. The lowest BCUT2D eigenvalue weighted by molar-refractivity contribution is -0.122. The van der Waals surface area contributed by atoms with Gasteiger partial charge in [0.15, 0.2) is 0 Å². The molecule has 1 aromatic rings. The van der Waals surface area contributed by atoms with Gasteiger partial charge in [-0.25, -0.2) is 0 Å². The molecule has 0 N–H and O–H groups in total. The number of nitrogens with zero attached hydrogens (tertiary/aromatic N) is 1. The van der Waals surface area contributed by atoms with Crippen molar-refractivity contribution in [2.24, 2.45) is 0 Å². The van der Waals surface area contributed by atoms with Gasteiger partial charge in [-0.3, -0.25) is 9.69 Å². The Morgan fingerprint density at radius 1 is 1.45 bits per heavy atom.